The number of hydrogen-bond donors (Lipinski definition) is 3. The van der Waals surface area contributed by atoms with E-state index < -0.39 is 11.3 Å². The molecule has 0 saturated heterocycles. The molecular weight excluding hydrogens is 278 g/mol. The van der Waals surface area contributed by atoms with Crippen LogP contribution in [0, 0.1) is 0 Å². The molecule has 0 aromatic carbocycles. The number of Topliss-reactive ketones (excluding diaryl/α,β-unsaturated/α-hetero) is 1. The smallest absolute Gasteiger partial charge is 0.233 e. The fraction of sp³-hybridized carbons (Fsp3) is 0.769. The van der Waals surface area contributed by atoms with Crippen molar-refractivity contribution in [1.29, 1.82) is 0 Å². The quantitative estimate of drug-likeness (QED) is 0.559. The van der Waals surface area contributed by atoms with Crippen molar-refractivity contribution < 1.29 is 14.4 Å². The minimum absolute atomic E-state index is 0.0295. The van der Waals surface area contributed by atoms with Crippen molar-refractivity contribution >= 4 is 29.4 Å². The standard InChI is InChI=1S/C13H25N3O3S/c1-5-15-13(19)11(6-12(18)16-8(2)3)20-7-10(14)9(4)17/h8,10-11H,5-7,14H2,1-4H3,(H,15,19)(H,16,18). The predicted octanol–water partition coefficient (Wildman–Crippen LogP) is 0.0553. The Hall–Kier alpha value is -1.08. The molecule has 0 aliphatic rings. The Morgan fingerprint density at radius 1 is 1.25 bits per heavy atom. The van der Waals surface area contributed by atoms with Gasteiger partial charge in [0.05, 0.1) is 11.3 Å². The van der Waals surface area contributed by atoms with Gasteiger partial charge in [-0.25, -0.2) is 0 Å². The summed E-state index contributed by atoms with van der Waals surface area (Å²) in [6.07, 6.45) is 0.0826. The summed E-state index contributed by atoms with van der Waals surface area (Å²) in [6, 6.07) is -0.577. The normalized spacial score (nSPS) is 13.7. The zero-order chi connectivity index (χ0) is 15.7. The van der Waals surface area contributed by atoms with Crippen LogP contribution in [0.1, 0.15) is 34.1 Å². The number of amides is 2. The second-order valence-corrected chi connectivity index (χ2v) is 6.10. The van der Waals surface area contributed by atoms with E-state index in [0.29, 0.717) is 12.3 Å². The molecular formula is C13H25N3O3S. The Labute approximate surface area is 124 Å². The molecule has 7 heteroatoms. The molecule has 0 spiro atoms. The SMILES string of the molecule is CCNC(=O)C(CC(=O)NC(C)C)SCC(N)C(C)=O. The molecule has 116 valence electrons. The second kappa shape index (κ2) is 9.77. The largest absolute Gasteiger partial charge is 0.355 e. The van der Waals surface area contributed by atoms with Crippen LogP contribution in [0.2, 0.25) is 0 Å². The number of ketones is 1. The summed E-state index contributed by atoms with van der Waals surface area (Å²) >= 11 is 1.24. The molecule has 0 rings (SSSR count). The fourth-order valence-electron chi connectivity index (χ4n) is 1.40. The minimum Gasteiger partial charge on any atom is -0.355 e. The molecule has 20 heavy (non-hydrogen) atoms. The van der Waals surface area contributed by atoms with Crippen molar-refractivity contribution in [3.8, 4) is 0 Å². The number of carbonyl (C=O) groups excluding carboxylic acids is 3. The maximum Gasteiger partial charge on any atom is 0.233 e. The Morgan fingerprint density at radius 3 is 2.30 bits per heavy atom. The first-order valence-electron chi connectivity index (χ1n) is 6.72. The van der Waals surface area contributed by atoms with E-state index in [0.717, 1.165) is 0 Å². The number of carbonyl (C=O) groups is 3. The van der Waals surface area contributed by atoms with Gasteiger partial charge in [0.1, 0.15) is 5.78 Å². The Bertz CT molecular complexity index is 348. The summed E-state index contributed by atoms with van der Waals surface area (Å²) < 4.78 is 0. The molecule has 2 atom stereocenters. The van der Waals surface area contributed by atoms with Crippen molar-refractivity contribution in [3.63, 3.8) is 0 Å². The molecule has 6 nitrogen and oxygen atoms in total. The summed E-state index contributed by atoms with van der Waals surface area (Å²) in [5, 5.41) is 4.91. The van der Waals surface area contributed by atoms with Crippen molar-refractivity contribution in [2.24, 2.45) is 5.73 Å². The highest BCUT2D eigenvalue weighted by atomic mass is 32.2. The van der Waals surface area contributed by atoms with E-state index in [1.807, 2.05) is 20.8 Å². The molecule has 0 bridgehead atoms. The van der Waals surface area contributed by atoms with Crippen LogP contribution in [0.3, 0.4) is 0 Å². The molecule has 2 amide bonds. The van der Waals surface area contributed by atoms with Crippen LogP contribution in [0.25, 0.3) is 0 Å². The van der Waals surface area contributed by atoms with Gasteiger partial charge in [-0.15, -0.1) is 11.8 Å². The fourth-order valence-corrected chi connectivity index (χ4v) is 2.58. The summed E-state index contributed by atoms with van der Waals surface area (Å²) in [7, 11) is 0. The topological polar surface area (TPSA) is 101 Å². The van der Waals surface area contributed by atoms with E-state index in [-0.39, 0.29) is 30.1 Å². The Morgan fingerprint density at radius 2 is 1.85 bits per heavy atom. The number of nitrogens with one attached hydrogen (secondary N) is 2. The van der Waals surface area contributed by atoms with Gasteiger partial charge in [-0.3, -0.25) is 14.4 Å². The van der Waals surface area contributed by atoms with Crippen LogP contribution in [0.15, 0.2) is 0 Å². The van der Waals surface area contributed by atoms with E-state index >= 15 is 0 Å². The molecule has 0 fully saturated rings. The van der Waals surface area contributed by atoms with Gasteiger partial charge in [0.25, 0.3) is 0 Å². The first kappa shape index (κ1) is 18.9. The van der Waals surface area contributed by atoms with E-state index in [1.54, 1.807) is 0 Å². The van der Waals surface area contributed by atoms with Crippen molar-refractivity contribution in [2.45, 2.75) is 51.4 Å². The van der Waals surface area contributed by atoms with E-state index in [1.165, 1.54) is 18.7 Å². The number of nitrogens with two attached hydrogens (primary N) is 1. The predicted molar refractivity (Wildman–Crippen MR) is 81.5 cm³/mol. The van der Waals surface area contributed by atoms with Gasteiger partial charge in [-0.2, -0.15) is 0 Å². The first-order valence-corrected chi connectivity index (χ1v) is 7.77. The summed E-state index contributed by atoms with van der Waals surface area (Å²) in [4.78, 5) is 34.8. The van der Waals surface area contributed by atoms with Gasteiger partial charge in [0, 0.05) is 24.8 Å². The Kier molecular flexibility index (Phi) is 9.24. The van der Waals surface area contributed by atoms with Gasteiger partial charge >= 0.3 is 0 Å². The van der Waals surface area contributed by atoms with Gasteiger partial charge in [-0.05, 0) is 27.7 Å². The van der Waals surface area contributed by atoms with Crippen LogP contribution >= 0.6 is 11.8 Å². The van der Waals surface area contributed by atoms with Crippen molar-refractivity contribution in [1.82, 2.24) is 10.6 Å². The summed E-state index contributed by atoms with van der Waals surface area (Å²) in [5.41, 5.74) is 5.65. The number of thioether (sulfide) groups is 1. The van der Waals surface area contributed by atoms with E-state index in [2.05, 4.69) is 10.6 Å². The summed E-state index contributed by atoms with van der Waals surface area (Å²) in [5.74, 6) is -0.183. The van der Waals surface area contributed by atoms with Gasteiger partial charge in [0.15, 0.2) is 0 Å². The molecule has 0 aliphatic heterocycles. The maximum absolute atomic E-state index is 11.9. The third kappa shape index (κ3) is 8.16. The van der Waals surface area contributed by atoms with Crippen molar-refractivity contribution in [3.05, 3.63) is 0 Å². The van der Waals surface area contributed by atoms with Gasteiger partial charge in [-0.1, -0.05) is 0 Å². The van der Waals surface area contributed by atoms with E-state index in [4.69, 9.17) is 5.73 Å². The molecule has 0 saturated carbocycles. The van der Waals surface area contributed by atoms with E-state index in [9.17, 15) is 14.4 Å². The average molecular weight is 303 g/mol. The number of hydrogen-bond acceptors (Lipinski definition) is 5. The first-order chi connectivity index (χ1) is 9.27. The van der Waals surface area contributed by atoms with Crippen LogP contribution in [0.4, 0.5) is 0 Å². The molecule has 2 unspecified atom stereocenters. The molecule has 0 aromatic rings. The highest BCUT2D eigenvalue weighted by Gasteiger charge is 2.23. The lowest BCUT2D eigenvalue weighted by atomic mass is 10.2. The lowest BCUT2D eigenvalue weighted by Gasteiger charge is -2.18. The zero-order valence-electron chi connectivity index (χ0n) is 12.6. The van der Waals surface area contributed by atoms with Crippen LogP contribution < -0.4 is 16.4 Å². The molecule has 0 aromatic heterocycles. The van der Waals surface area contributed by atoms with Gasteiger partial charge < -0.3 is 16.4 Å². The highest BCUT2D eigenvalue weighted by molar-refractivity contribution is 8.00. The molecule has 0 heterocycles. The third-order valence-corrected chi connectivity index (χ3v) is 3.80. The van der Waals surface area contributed by atoms with Crippen LogP contribution in [-0.4, -0.2) is 47.2 Å². The number of rotatable bonds is 9. The van der Waals surface area contributed by atoms with Crippen molar-refractivity contribution in [2.75, 3.05) is 12.3 Å². The van der Waals surface area contributed by atoms with Crippen LogP contribution in [0.5, 0.6) is 0 Å². The van der Waals surface area contributed by atoms with Crippen LogP contribution in [-0.2, 0) is 14.4 Å². The Balaban J connectivity index is 4.52. The lowest BCUT2D eigenvalue weighted by Crippen LogP contribution is -2.40. The maximum atomic E-state index is 11.9. The zero-order valence-corrected chi connectivity index (χ0v) is 13.4. The lowest BCUT2D eigenvalue weighted by molar-refractivity contribution is -0.126. The minimum atomic E-state index is -0.606. The molecule has 0 aliphatic carbocycles. The average Bonchev–Trinajstić information content (AvgIpc) is 2.32. The second-order valence-electron chi connectivity index (χ2n) is 4.86. The third-order valence-electron chi connectivity index (χ3n) is 2.46. The highest BCUT2D eigenvalue weighted by Crippen LogP contribution is 2.16. The summed E-state index contributed by atoms with van der Waals surface area (Å²) in [6.45, 7) is 7.45. The monoisotopic (exact) mass is 303 g/mol. The molecule has 4 N–H and O–H groups in total. The molecule has 0 radical (unpaired) electrons. The van der Waals surface area contributed by atoms with Gasteiger partial charge in [0.2, 0.25) is 11.8 Å².